The van der Waals surface area contributed by atoms with E-state index in [-0.39, 0.29) is 0 Å². The molecule has 0 radical (unpaired) electrons. The highest BCUT2D eigenvalue weighted by Gasteiger charge is 2.32. The Bertz CT molecular complexity index is 413. The van der Waals surface area contributed by atoms with E-state index in [1.807, 2.05) is 0 Å². The molecule has 1 aromatic rings. The fourth-order valence-corrected chi connectivity index (χ4v) is 3.22. The van der Waals surface area contributed by atoms with Gasteiger partial charge < -0.3 is 5.73 Å². The molecule has 0 bridgehead atoms. The van der Waals surface area contributed by atoms with Gasteiger partial charge in [0.2, 0.25) is 0 Å². The first-order valence-corrected chi connectivity index (χ1v) is 8.25. The third-order valence-electron chi connectivity index (χ3n) is 4.28. The number of benzene rings is 1. The predicted octanol–water partition coefficient (Wildman–Crippen LogP) is 3.57. The van der Waals surface area contributed by atoms with Crippen LogP contribution < -0.4 is 5.73 Å². The van der Waals surface area contributed by atoms with E-state index in [0.717, 1.165) is 22.9 Å². The third-order valence-corrected chi connectivity index (χ3v) is 4.77. The van der Waals surface area contributed by atoms with Crippen molar-refractivity contribution in [2.45, 2.75) is 31.7 Å². The molecule has 0 spiro atoms. The van der Waals surface area contributed by atoms with Crippen molar-refractivity contribution in [3.8, 4) is 0 Å². The van der Waals surface area contributed by atoms with E-state index in [2.05, 4.69) is 45.1 Å². The van der Waals surface area contributed by atoms with Gasteiger partial charge in [0.1, 0.15) is 0 Å². The van der Waals surface area contributed by atoms with Crippen LogP contribution >= 0.6 is 15.9 Å². The van der Waals surface area contributed by atoms with Crippen molar-refractivity contribution in [1.82, 2.24) is 4.90 Å². The molecule has 1 aromatic carbocycles. The van der Waals surface area contributed by atoms with Crippen LogP contribution in [0.3, 0.4) is 0 Å². The molecule has 0 saturated heterocycles. The normalized spacial score (nSPS) is 20.8. The zero-order valence-corrected chi connectivity index (χ0v) is 13.0. The molecule has 2 fully saturated rings. The van der Waals surface area contributed by atoms with Crippen molar-refractivity contribution in [2.75, 3.05) is 19.6 Å². The van der Waals surface area contributed by atoms with Crippen molar-refractivity contribution in [2.24, 2.45) is 17.6 Å². The van der Waals surface area contributed by atoms with E-state index in [9.17, 15) is 0 Å². The van der Waals surface area contributed by atoms with E-state index >= 15 is 0 Å². The van der Waals surface area contributed by atoms with Crippen LogP contribution in [-0.2, 0) is 0 Å². The molecule has 2 nitrogen and oxygen atoms in total. The van der Waals surface area contributed by atoms with Gasteiger partial charge in [-0.15, -0.1) is 0 Å². The fourth-order valence-electron chi connectivity index (χ4n) is 2.80. The molecule has 104 valence electrons. The first-order chi connectivity index (χ1) is 9.26. The van der Waals surface area contributed by atoms with Gasteiger partial charge in [-0.1, -0.05) is 28.1 Å². The number of rotatable bonds is 7. The molecular weight excluding hydrogens is 300 g/mol. The summed E-state index contributed by atoms with van der Waals surface area (Å²) in [7, 11) is 0. The SMILES string of the molecule is NCC(c1cccc(Br)c1)N(CC1CC1)CC1CC1. The van der Waals surface area contributed by atoms with Gasteiger partial charge in [0.05, 0.1) is 0 Å². The Balaban J connectivity index is 1.75. The maximum Gasteiger partial charge on any atom is 0.0471 e. The third kappa shape index (κ3) is 3.80. The lowest BCUT2D eigenvalue weighted by Gasteiger charge is -2.31. The van der Waals surface area contributed by atoms with Crippen molar-refractivity contribution in [3.63, 3.8) is 0 Å². The molecule has 2 N–H and O–H groups in total. The second kappa shape index (κ2) is 5.94. The zero-order valence-electron chi connectivity index (χ0n) is 11.4. The Kier molecular flexibility index (Phi) is 4.25. The number of halogens is 1. The average molecular weight is 323 g/mol. The molecule has 0 heterocycles. The smallest absolute Gasteiger partial charge is 0.0471 e. The minimum Gasteiger partial charge on any atom is -0.329 e. The topological polar surface area (TPSA) is 29.3 Å². The molecule has 2 aliphatic rings. The summed E-state index contributed by atoms with van der Waals surface area (Å²) in [6.45, 7) is 3.20. The molecule has 3 heteroatoms. The van der Waals surface area contributed by atoms with Crippen LogP contribution in [0.4, 0.5) is 0 Å². The highest BCUT2D eigenvalue weighted by molar-refractivity contribution is 9.10. The van der Waals surface area contributed by atoms with Crippen LogP contribution in [0, 0.1) is 11.8 Å². The Labute approximate surface area is 124 Å². The van der Waals surface area contributed by atoms with Gasteiger partial charge in [-0.25, -0.2) is 0 Å². The van der Waals surface area contributed by atoms with E-state index < -0.39 is 0 Å². The quantitative estimate of drug-likeness (QED) is 0.831. The summed E-state index contributed by atoms with van der Waals surface area (Å²) in [6, 6.07) is 9.04. The molecule has 2 aliphatic carbocycles. The Morgan fingerprint density at radius 2 is 1.79 bits per heavy atom. The molecule has 1 unspecified atom stereocenters. The molecule has 3 rings (SSSR count). The van der Waals surface area contributed by atoms with Crippen LogP contribution in [0.15, 0.2) is 28.7 Å². The molecule has 0 aromatic heterocycles. The van der Waals surface area contributed by atoms with Crippen molar-refractivity contribution in [3.05, 3.63) is 34.3 Å². The van der Waals surface area contributed by atoms with Crippen LogP contribution in [0.1, 0.15) is 37.3 Å². The second-order valence-corrected chi connectivity index (χ2v) is 7.06. The summed E-state index contributed by atoms with van der Waals surface area (Å²) in [6.07, 6.45) is 5.65. The number of hydrogen-bond donors (Lipinski definition) is 1. The average Bonchev–Trinajstić information content (AvgIpc) is 3.25. The van der Waals surface area contributed by atoms with Gasteiger partial charge in [-0.05, 0) is 55.2 Å². The Morgan fingerprint density at radius 1 is 1.16 bits per heavy atom. The predicted molar refractivity (Wildman–Crippen MR) is 83.0 cm³/mol. The lowest BCUT2D eigenvalue weighted by molar-refractivity contribution is 0.185. The minimum atomic E-state index is 0.388. The van der Waals surface area contributed by atoms with Gasteiger partial charge in [-0.3, -0.25) is 4.90 Å². The van der Waals surface area contributed by atoms with Crippen molar-refractivity contribution >= 4 is 15.9 Å². The van der Waals surface area contributed by atoms with E-state index in [1.54, 1.807) is 0 Å². The molecule has 2 saturated carbocycles. The van der Waals surface area contributed by atoms with Crippen LogP contribution in [-0.4, -0.2) is 24.5 Å². The molecule has 0 aliphatic heterocycles. The Hall–Kier alpha value is -0.380. The van der Waals surface area contributed by atoms with Crippen LogP contribution in [0.25, 0.3) is 0 Å². The lowest BCUT2D eigenvalue weighted by atomic mass is 10.0. The maximum absolute atomic E-state index is 6.09. The summed E-state index contributed by atoms with van der Waals surface area (Å²) in [5.41, 5.74) is 7.45. The summed E-state index contributed by atoms with van der Waals surface area (Å²) in [5, 5.41) is 0. The van der Waals surface area contributed by atoms with Crippen molar-refractivity contribution in [1.29, 1.82) is 0 Å². The zero-order chi connectivity index (χ0) is 13.2. The summed E-state index contributed by atoms with van der Waals surface area (Å²) < 4.78 is 1.15. The highest BCUT2D eigenvalue weighted by atomic mass is 79.9. The van der Waals surface area contributed by atoms with E-state index in [4.69, 9.17) is 5.73 Å². The monoisotopic (exact) mass is 322 g/mol. The number of nitrogens with two attached hydrogens (primary N) is 1. The van der Waals surface area contributed by atoms with E-state index in [0.29, 0.717) is 6.04 Å². The standard InChI is InChI=1S/C16H23BrN2/c17-15-3-1-2-14(8-15)16(9-18)19(10-12-4-5-12)11-13-6-7-13/h1-3,8,12-13,16H,4-7,9-11,18H2. The van der Waals surface area contributed by atoms with Gasteiger partial charge in [0.15, 0.2) is 0 Å². The minimum absolute atomic E-state index is 0.388. The summed E-state index contributed by atoms with van der Waals surface area (Å²) in [5.74, 6) is 1.86. The number of nitrogens with zero attached hydrogens (tertiary/aromatic N) is 1. The lowest BCUT2D eigenvalue weighted by Crippen LogP contribution is -2.36. The van der Waals surface area contributed by atoms with Gasteiger partial charge in [0.25, 0.3) is 0 Å². The Morgan fingerprint density at radius 3 is 2.26 bits per heavy atom. The molecule has 19 heavy (non-hydrogen) atoms. The van der Waals surface area contributed by atoms with Gasteiger partial charge in [-0.2, -0.15) is 0 Å². The fraction of sp³-hybridized carbons (Fsp3) is 0.625. The first kappa shape index (κ1) is 13.6. The molecular formula is C16H23BrN2. The maximum atomic E-state index is 6.09. The molecule has 0 amide bonds. The first-order valence-electron chi connectivity index (χ1n) is 7.46. The van der Waals surface area contributed by atoms with Crippen LogP contribution in [0.5, 0.6) is 0 Å². The largest absolute Gasteiger partial charge is 0.329 e. The summed E-state index contributed by atoms with van der Waals surface area (Å²) in [4.78, 5) is 2.65. The van der Waals surface area contributed by atoms with Crippen molar-refractivity contribution < 1.29 is 0 Å². The molecule has 1 atom stereocenters. The van der Waals surface area contributed by atoms with Gasteiger partial charge >= 0.3 is 0 Å². The van der Waals surface area contributed by atoms with Gasteiger partial charge in [0, 0.05) is 30.1 Å². The van der Waals surface area contributed by atoms with Crippen LogP contribution in [0.2, 0.25) is 0 Å². The highest BCUT2D eigenvalue weighted by Crippen LogP contribution is 2.37. The second-order valence-electron chi connectivity index (χ2n) is 6.15. The number of hydrogen-bond acceptors (Lipinski definition) is 2. The summed E-state index contributed by atoms with van der Waals surface area (Å²) >= 11 is 3.58. The van der Waals surface area contributed by atoms with E-state index in [1.165, 1.54) is 44.3 Å².